The molecule has 0 radical (unpaired) electrons. The average molecular weight is 597 g/mol. The fraction of sp³-hybridized carbons (Fsp3) is 0.677. The summed E-state index contributed by atoms with van der Waals surface area (Å²) in [6.45, 7) is 14.0. The van der Waals surface area contributed by atoms with Crippen molar-refractivity contribution < 1.29 is 52.1 Å². The summed E-state index contributed by atoms with van der Waals surface area (Å²) in [6, 6.07) is 9.96. The third kappa shape index (κ3) is 13.7. The van der Waals surface area contributed by atoms with E-state index in [-0.39, 0.29) is 19.8 Å². The van der Waals surface area contributed by atoms with Crippen LogP contribution in [0.1, 0.15) is 5.56 Å². The molecule has 0 amide bonds. The van der Waals surface area contributed by atoms with E-state index in [2.05, 4.69) is 13.2 Å². The van der Waals surface area contributed by atoms with Gasteiger partial charge in [0.15, 0.2) is 6.29 Å². The number of benzene rings is 1. The summed E-state index contributed by atoms with van der Waals surface area (Å²) in [5.41, 5.74) is 1.06. The van der Waals surface area contributed by atoms with Crippen molar-refractivity contribution in [3.63, 3.8) is 0 Å². The van der Waals surface area contributed by atoms with Gasteiger partial charge in [-0.25, -0.2) is 0 Å². The monoisotopic (exact) mass is 596 g/mol. The lowest BCUT2D eigenvalue weighted by molar-refractivity contribution is -0.323. The molecule has 2 bridgehead atoms. The van der Waals surface area contributed by atoms with Crippen LogP contribution < -0.4 is 0 Å². The molecule has 42 heavy (non-hydrogen) atoms. The highest BCUT2D eigenvalue weighted by atomic mass is 16.7. The summed E-state index contributed by atoms with van der Waals surface area (Å²) < 4.78 is 65.4. The Morgan fingerprint density at radius 1 is 0.643 bits per heavy atom. The Balaban J connectivity index is 1.71. The second-order valence-electron chi connectivity index (χ2n) is 9.48. The molecule has 3 fully saturated rings. The zero-order valence-corrected chi connectivity index (χ0v) is 24.6. The van der Waals surface area contributed by atoms with Crippen LogP contribution in [0, 0.1) is 0 Å². The first-order valence-electron chi connectivity index (χ1n) is 14.7. The maximum absolute atomic E-state index is 6.44. The highest BCUT2D eigenvalue weighted by Gasteiger charge is 2.48. The predicted octanol–water partition coefficient (Wildman–Crippen LogP) is 2.57. The van der Waals surface area contributed by atoms with Gasteiger partial charge in [0.1, 0.15) is 24.4 Å². The molecule has 0 N–H and O–H groups in total. The van der Waals surface area contributed by atoms with Crippen molar-refractivity contribution in [3.05, 3.63) is 61.2 Å². The van der Waals surface area contributed by atoms with E-state index in [0.717, 1.165) is 5.56 Å². The van der Waals surface area contributed by atoms with Gasteiger partial charge in [0.05, 0.1) is 106 Å². The van der Waals surface area contributed by atoms with Gasteiger partial charge in [-0.15, -0.1) is 13.2 Å². The van der Waals surface area contributed by atoms with E-state index in [9.17, 15) is 0 Å². The molecule has 0 aromatic heterocycles. The van der Waals surface area contributed by atoms with Crippen LogP contribution in [0.5, 0.6) is 0 Å². The van der Waals surface area contributed by atoms with E-state index in [1.165, 1.54) is 0 Å². The molecule has 0 unspecified atom stereocenters. The maximum atomic E-state index is 6.44. The van der Waals surface area contributed by atoms with Crippen molar-refractivity contribution in [2.24, 2.45) is 0 Å². The van der Waals surface area contributed by atoms with Gasteiger partial charge in [-0.2, -0.15) is 0 Å². The molecule has 0 saturated carbocycles. The fourth-order valence-electron chi connectivity index (χ4n) is 4.39. The van der Waals surface area contributed by atoms with Gasteiger partial charge in [0.25, 0.3) is 0 Å². The van der Waals surface area contributed by atoms with Gasteiger partial charge in [-0.3, -0.25) is 0 Å². The molecule has 1 aromatic carbocycles. The van der Waals surface area contributed by atoms with Gasteiger partial charge in [-0.1, -0.05) is 42.5 Å². The highest BCUT2D eigenvalue weighted by molar-refractivity contribution is 5.13. The predicted molar refractivity (Wildman–Crippen MR) is 154 cm³/mol. The molecule has 3 aliphatic rings. The normalized spacial score (nSPS) is 28.1. The van der Waals surface area contributed by atoms with Crippen molar-refractivity contribution in [2.75, 3.05) is 99.1 Å². The lowest BCUT2D eigenvalue weighted by Gasteiger charge is -2.45. The van der Waals surface area contributed by atoms with Crippen LogP contribution in [0.2, 0.25) is 0 Å². The second-order valence-corrected chi connectivity index (χ2v) is 9.48. The van der Waals surface area contributed by atoms with Crippen LogP contribution in [-0.2, 0) is 58.7 Å². The molecular weight excluding hydrogens is 548 g/mol. The zero-order valence-electron chi connectivity index (χ0n) is 24.6. The van der Waals surface area contributed by atoms with E-state index >= 15 is 0 Å². The SMILES string of the molecule is C=CCO[C@H]1[C@H]2OCCOCCOCCOCCOCCOCCO[C@H](O[C@@H]2COCc2ccccc2)[C@@H]1OCC=C. The molecule has 0 aliphatic carbocycles. The summed E-state index contributed by atoms with van der Waals surface area (Å²) in [5, 5.41) is 0. The molecule has 3 aliphatic heterocycles. The Bertz CT molecular complexity index is 811. The van der Waals surface area contributed by atoms with Crippen LogP contribution >= 0.6 is 0 Å². The van der Waals surface area contributed by atoms with Crippen molar-refractivity contribution >= 4 is 0 Å². The summed E-state index contributed by atoms with van der Waals surface area (Å²) in [5.74, 6) is 0. The van der Waals surface area contributed by atoms with E-state index in [1.54, 1.807) is 12.2 Å². The largest absolute Gasteiger partial charge is 0.377 e. The lowest BCUT2D eigenvalue weighted by Crippen LogP contribution is -2.62. The number of rotatable bonds is 10. The second kappa shape index (κ2) is 22.8. The van der Waals surface area contributed by atoms with E-state index < -0.39 is 30.7 Å². The van der Waals surface area contributed by atoms with Gasteiger partial charge in [0.2, 0.25) is 0 Å². The molecular formula is C31H48O11. The molecule has 11 nitrogen and oxygen atoms in total. The average Bonchev–Trinajstić information content (AvgIpc) is 3.01. The van der Waals surface area contributed by atoms with Gasteiger partial charge >= 0.3 is 0 Å². The minimum absolute atomic E-state index is 0.256. The van der Waals surface area contributed by atoms with Crippen LogP contribution in [0.3, 0.4) is 0 Å². The smallest absolute Gasteiger partial charge is 0.187 e. The summed E-state index contributed by atoms with van der Waals surface area (Å²) in [7, 11) is 0. The summed E-state index contributed by atoms with van der Waals surface area (Å²) in [4.78, 5) is 0. The van der Waals surface area contributed by atoms with E-state index in [1.807, 2.05) is 30.3 Å². The summed E-state index contributed by atoms with van der Waals surface area (Å²) in [6.07, 6.45) is 0.447. The minimum Gasteiger partial charge on any atom is -0.377 e. The number of fused-ring (bicyclic) bond motifs is 20. The molecule has 3 saturated heterocycles. The van der Waals surface area contributed by atoms with E-state index in [0.29, 0.717) is 85.9 Å². The molecule has 0 spiro atoms. The fourth-order valence-corrected chi connectivity index (χ4v) is 4.39. The van der Waals surface area contributed by atoms with Gasteiger partial charge in [-0.05, 0) is 5.56 Å². The zero-order chi connectivity index (χ0) is 29.5. The molecule has 238 valence electrons. The first-order valence-corrected chi connectivity index (χ1v) is 14.7. The first-order chi connectivity index (χ1) is 20.8. The molecule has 3 heterocycles. The van der Waals surface area contributed by atoms with Gasteiger partial charge < -0.3 is 52.1 Å². The Hall–Kier alpha value is -1.74. The van der Waals surface area contributed by atoms with Crippen LogP contribution in [0.25, 0.3) is 0 Å². The van der Waals surface area contributed by atoms with Gasteiger partial charge in [0, 0.05) is 0 Å². The Morgan fingerprint density at radius 2 is 1.14 bits per heavy atom. The third-order valence-electron chi connectivity index (χ3n) is 6.33. The van der Waals surface area contributed by atoms with Crippen LogP contribution in [0.4, 0.5) is 0 Å². The quantitative estimate of drug-likeness (QED) is 0.294. The van der Waals surface area contributed by atoms with E-state index in [4.69, 9.17) is 52.1 Å². The Kier molecular flexibility index (Phi) is 18.8. The van der Waals surface area contributed by atoms with Crippen LogP contribution in [0.15, 0.2) is 55.6 Å². The van der Waals surface area contributed by atoms with Crippen molar-refractivity contribution in [3.8, 4) is 0 Å². The first kappa shape index (κ1) is 34.7. The topological polar surface area (TPSA) is 102 Å². The molecule has 1 aromatic rings. The third-order valence-corrected chi connectivity index (χ3v) is 6.33. The molecule has 5 atom stereocenters. The standard InChI is InChI=1S/C31H48O11/c1-3-10-38-29-28-27(25-37-24-26-8-6-5-7-9-26)42-31(30(29)39-11-4-2)41-23-21-36-19-17-34-15-13-32-12-14-33-16-18-35-20-22-40-28/h3-9,27-31H,1-2,10-25H2/t27-,28+,29+,30-,31-/m1/s1. The number of hydrogen-bond acceptors (Lipinski definition) is 11. The maximum Gasteiger partial charge on any atom is 0.187 e. The number of ether oxygens (including phenoxy) is 11. The molecule has 11 heteroatoms. The highest BCUT2D eigenvalue weighted by Crippen LogP contribution is 2.29. The van der Waals surface area contributed by atoms with Crippen LogP contribution in [-0.4, -0.2) is 130 Å². The summed E-state index contributed by atoms with van der Waals surface area (Å²) >= 11 is 0. The van der Waals surface area contributed by atoms with Crippen molar-refractivity contribution in [1.29, 1.82) is 0 Å². The Labute approximate surface area is 249 Å². The molecule has 4 rings (SSSR count). The van der Waals surface area contributed by atoms with Crippen molar-refractivity contribution in [1.82, 2.24) is 0 Å². The Morgan fingerprint density at radius 3 is 1.69 bits per heavy atom. The number of hydrogen-bond donors (Lipinski definition) is 0. The minimum atomic E-state index is -0.753. The van der Waals surface area contributed by atoms with Crippen molar-refractivity contribution in [2.45, 2.75) is 37.3 Å². The lowest BCUT2D eigenvalue weighted by atomic mass is 9.98.